The molecular weight excluding hydrogens is 200 g/mol. The number of hydrogen-bond donors (Lipinski definition) is 1. The van der Waals surface area contributed by atoms with Gasteiger partial charge in [0.1, 0.15) is 11.5 Å². The van der Waals surface area contributed by atoms with Crippen LogP contribution >= 0.6 is 11.6 Å². The van der Waals surface area contributed by atoms with Crippen LogP contribution in [0.1, 0.15) is 5.82 Å². The van der Waals surface area contributed by atoms with Gasteiger partial charge in [-0.1, -0.05) is 11.6 Å². The Labute approximate surface area is 86.4 Å². The van der Waals surface area contributed by atoms with Crippen molar-refractivity contribution in [3.63, 3.8) is 0 Å². The first-order valence-corrected chi connectivity index (χ1v) is 4.49. The molecule has 0 bridgehead atoms. The lowest BCUT2D eigenvalue weighted by Gasteiger charge is -2.08. The molecule has 2 rings (SSSR count). The summed E-state index contributed by atoms with van der Waals surface area (Å²) >= 11 is 5.97. The molecule has 0 aliphatic carbocycles. The topological polar surface area (TPSA) is 56.7 Å². The van der Waals surface area contributed by atoms with Crippen LogP contribution < -0.4 is 5.73 Å². The summed E-state index contributed by atoms with van der Waals surface area (Å²) in [6.45, 7) is 1.75. The number of rotatable bonds is 1. The third kappa shape index (κ3) is 1.44. The molecule has 0 unspecified atom stereocenters. The normalized spacial score (nSPS) is 10.4. The number of aryl methyl sites for hydroxylation is 1. The molecule has 5 heteroatoms. The van der Waals surface area contributed by atoms with Gasteiger partial charge in [-0.2, -0.15) is 0 Å². The predicted molar refractivity (Wildman–Crippen MR) is 55.5 cm³/mol. The zero-order valence-corrected chi connectivity index (χ0v) is 8.36. The van der Waals surface area contributed by atoms with Gasteiger partial charge in [-0.05, 0) is 19.1 Å². The van der Waals surface area contributed by atoms with Crippen molar-refractivity contribution in [1.82, 2.24) is 14.5 Å². The average molecular weight is 209 g/mol. The van der Waals surface area contributed by atoms with Gasteiger partial charge in [-0.25, -0.2) is 9.97 Å². The Morgan fingerprint density at radius 1 is 1.29 bits per heavy atom. The summed E-state index contributed by atoms with van der Waals surface area (Å²) in [7, 11) is 0. The van der Waals surface area contributed by atoms with E-state index in [2.05, 4.69) is 9.97 Å². The maximum absolute atomic E-state index is 5.97. The molecule has 2 N–H and O–H groups in total. The van der Waals surface area contributed by atoms with E-state index in [1.165, 1.54) is 0 Å². The Kier molecular flexibility index (Phi) is 2.13. The van der Waals surface area contributed by atoms with Crippen LogP contribution in [-0.2, 0) is 0 Å². The number of nitrogens with zero attached hydrogens (tertiary/aromatic N) is 3. The SMILES string of the molecule is Cc1nc(N)c(-n2cccc2)c(Cl)n1. The minimum Gasteiger partial charge on any atom is -0.382 e. The molecule has 0 atom stereocenters. The van der Waals surface area contributed by atoms with Gasteiger partial charge >= 0.3 is 0 Å². The smallest absolute Gasteiger partial charge is 0.158 e. The average Bonchev–Trinajstić information content (AvgIpc) is 2.54. The summed E-state index contributed by atoms with van der Waals surface area (Å²) in [6, 6.07) is 3.77. The summed E-state index contributed by atoms with van der Waals surface area (Å²) in [4.78, 5) is 8.10. The molecule has 0 saturated carbocycles. The number of nitrogens with two attached hydrogens (primary N) is 1. The molecule has 14 heavy (non-hydrogen) atoms. The second-order valence-corrected chi connectivity index (χ2v) is 3.24. The number of anilines is 1. The molecule has 0 saturated heterocycles. The van der Waals surface area contributed by atoms with E-state index in [9.17, 15) is 0 Å². The van der Waals surface area contributed by atoms with E-state index >= 15 is 0 Å². The van der Waals surface area contributed by atoms with E-state index in [0.29, 0.717) is 22.5 Å². The van der Waals surface area contributed by atoms with Gasteiger partial charge in [0.05, 0.1) is 0 Å². The van der Waals surface area contributed by atoms with E-state index in [1.54, 1.807) is 11.5 Å². The molecule has 0 fully saturated rings. The fourth-order valence-corrected chi connectivity index (χ4v) is 1.59. The molecule has 0 amide bonds. The lowest BCUT2D eigenvalue weighted by Crippen LogP contribution is -2.04. The Balaban J connectivity index is 2.64. The molecule has 0 radical (unpaired) electrons. The van der Waals surface area contributed by atoms with Crippen LogP contribution in [-0.4, -0.2) is 14.5 Å². The highest BCUT2D eigenvalue weighted by Gasteiger charge is 2.09. The van der Waals surface area contributed by atoms with Crippen molar-refractivity contribution in [2.75, 3.05) is 5.73 Å². The lowest BCUT2D eigenvalue weighted by molar-refractivity contribution is 0.990. The van der Waals surface area contributed by atoms with Gasteiger partial charge in [0.2, 0.25) is 0 Å². The fourth-order valence-electron chi connectivity index (χ4n) is 1.28. The summed E-state index contributed by atoms with van der Waals surface area (Å²) < 4.78 is 1.79. The number of hydrogen-bond acceptors (Lipinski definition) is 3. The molecule has 72 valence electrons. The van der Waals surface area contributed by atoms with Gasteiger partial charge < -0.3 is 10.3 Å². The molecular formula is C9H9ClN4. The standard InChI is InChI=1S/C9H9ClN4/c1-6-12-8(10)7(9(11)13-6)14-4-2-3-5-14/h2-5H,1H3,(H2,11,12,13). The molecule has 4 nitrogen and oxygen atoms in total. The first kappa shape index (κ1) is 9.02. The second-order valence-electron chi connectivity index (χ2n) is 2.89. The lowest BCUT2D eigenvalue weighted by atomic mass is 10.4. The van der Waals surface area contributed by atoms with Gasteiger partial charge in [-0.15, -0.1) is 0 Å². The summed E-state index contributed by atoms with van der Waals surface area (Å²) in [6.07, 6.45) is 3.69. The van der Waals surface area contributed by atoms with Crippen molar-refractivity contribution in [2.24, 2.45) is 0 Å². The number of aromatic nitrogens is 3. The van der Waals surface area contributed by atoms with Gasteiger partial charge in [-0.3, -0.25) is 0 Å². The number of halogens is 1. The molecule has 2 aromatic rings. The highest BCUT2D eigenvalue weighted by Crippen LogP contribution is 2.23. The number of nitrogen functional groups attached to an aromatic ring is 1. The third-order valence-electron chi connectivity index (χ3n) is 1.84. The van der Waals surface area contributed by atoms with Crippen molar-refractivity contribution >= 4 is 17.4 Å². The fraction of sp³-hybridized carbons (Fsp3) is 0.111. The summed E-state index contributed by atoms with van der Waals surface area (Å²) in [5, 5.41) is 0.367. The molecule has 0 aliphatic heterocycles. The van der Waals surface area contributed by atoms with E-state index in [4.69, 9.17) is 17.3 Å². The summed E-state index contributed by atoms with van der Waals surface area (Å²) in [5.74, 6) is 0.960. The Bertz CT molecular complexity index is 427. The largest absolute Gasteiger partial charge is 0.382 e. The zero-order chi connectivity index (χ0) is 10.1. The maximum atomic E-state index is 5.97. The van der Waals surface area contributed by atoms with Gasteiger partial charge in [0.25, 0.3) is 0 Å². The van der Waals surface area contributed by atoms with E-state index < -0.39 is 0 Å². The second kappa shape index (κ2) is 3.31. The van der Waals surface area contributed by atoms with Crippen LogP contribution in [0.5, 0.6) is 0 Å². The molecule has 0 aliphatic rings. The Hall–Kier alpha value is -1.55. The van der Waals surface area contributed by atoms with E-state index in [1.807, 2.05) is 24.5 Å². The van der Waals surface area contributed by atoms with Crippen LogP contribution in [0.15, 0.2) is 24.5 Å². The summed E-state index contributed by atoms with van der Waals surface area (Å²) in [5.41, 5.74) is 6.38. The zero-order valence-electron chi connectivity index (χ0n) is 7.61. The van der Waals surface area contributed by atoms with Crippen molar-refractivity contribution in [3.05, 3.63) is 35.5 Å². The minimum atomic E-state index is 0.367. The van der Waals surface area contributed by atoms with Crippen molar-refractivity contribution in [2.45, 2.75) is 6.92 Å². The van der Waals surface area contributed by atoms with Crippen molar-refractivity contribution < 1.29 is 0 Å². The van der Waals surface area contributed by atoms with Gasteiger partial charge in [0.15, 0.2) is 11.0 Å². The molecule has 0 aromatic carbocycles. The van der Waals surface area contributed by atoms with E-state index in [-0.39, 0.29) is 0 Å². The monoisotopic (exact) mass is 208 g/mol. The maximum Gasteiger partial charge on any atom is 0.158 e. The van der Waals surface area contributed by atoms with Crippen molar-refractivity contribution in [1.29, 1.82) is 0 Å². The van der Waals surface area contributed by atoms with Crippen LogP contribution in [0.3, 0.4) is 0 Å². The first-order chi connectivity index (χ1) is 6.68. The van der Waals surface area contributed by atoms with Gasteiger partial charge in [0, 0.05) is 12.4 Å². The highest BCUT2D eigenvalue weighted by molar-refractivity contribution is 6.31. The third-order valence-corrected chi connectivity index (χ3v) is 2.11. The van der Waals surface area contributed by atoms with Crippen LogP contribution in [0.25, 0.3) is 5.69 Å². The predicted octanol–water partition coefficient (Wildman–Crippen LogP) is 1.81. The Morgan fingerprint density at radius 3 is 2.50 bits per heavy atom. The minimum absolute atomic E-state index is 0.367. The molecule has 0 spiro atoms. The van der Waals surface area contributed by atoms with Crippen LogP contribution in [0, 0.1) is 6.92 Å². The van der Waals surface area contributed by atoms with Crippen LogP contribution in [0.4, 0.5) is 5.82 Å². The van der Waals surface area contributed by atoms with Crippen LogP contribution in [0.2, 0.25) is 5.15 Å². The molecule has 2 heterocycles. The quantitative estimate of drug-likeness (QED) is 0.728. The van der Waals surface area contributed by atoms with E-state index in [0.717, 1.165) is 0 Å². The first-order valence-electron chi connectivity index (χ1n) is 4.11. The highest BCUT2D eigenvalue weighted by atomic mass is 35.5. The molecule has 2 aromatic heterocycles. The van der Waals surface area contributed by atoms with Crippen molar-refractivity contribution in [3.8, 4) is 5.69 Å². The Morgan fingerprint density at radius 2 is 1.93 bits per heavy atom.